The number of carbonyl (C=O) groups excluding carboxylic acids is 2. The molecule has 0 radical (unpaired) electrons. The van der Waals surface area contributed by atoms with Crippen molar-refractivity contribution >= 4 is 11.9 Å². The van der Waals surface area contributed by atoms with Crippen molar-refractivity contribution in [3.63, 3.8) is 0 Å². The molecule has 0 aromatic carbocycles. The van der Waals surface area contributed by atoms with Gasteiger partial charge in [-0.3, -0.25) is 4.79 Å². The number of nitrogens with zero attached hydrogens (tertiary/aromatic N) is 1. The minimum atomic E-state index is -0.321. The minimum Gasteiger partial charge on any atom is -0.463 e. The number of hydrogen-bond acceptors (Lipinski definition) is 3. The molecule has 0 bridgehead atoms. The van der Waals surface area contributed by atoms with E-state index < -0.39 is 0 Å². The molecule has 1 amide bonds. The highest BCUT2D eigenvalue weighted by Gasteiger charge is 2.32. The van der Waals surface area contributed by atoms with E-state index in [1.807, 2.05) is 33.9 Å². The summed E-state index contributed by atoms with van der Waals surface area (Å²) in [5.41, 5.74) is 0.455. The lowest BCUT2D eigenvalue weighted by Crippen LogP contribution is -2.45. The quantitative estimate of drug-likeness (QED) is 0.555. The van der Waals surface area contributed by atoms with Crippen molar-refractivity contribution in [1.29, 1.82) is 0 Å². The summed E-state index contributed by atoms with van der Waals surface area (Å²) in [6.07, 6.45) is 1.84. The molecule has 2 atom stereocenters. The van der Waals surface area contributed by atoms with Crippen LogP contribution in [0.1, 0.15) is 55.4 Å². The molecule has 0 fully saturated rings. The Kier molecular flexibility index (Phi) is 7.85. The maximum atomic E-state index is 12.7. The van der Waals surface area contributed by atoms with Crippen molar-refractivity contribution in [2.24, 2.45) is 17.3 Å². The zero-order valence-corrected chi connectivity index (χ0v) is 15.7. The molecule has 0 aliphatic heterocycles. The third-order valence-electron chi connectivity index (χ3n) is 4.17. The van der Waals surface area contributed by atoms with Crippen molar-refractivity contribution < 1.29 is 14.3 Å². The average molecular weight is 311 g/mol. The van der Waals surface area contributed by atoms with Gasteiger partial charge in [-0.25, -0.2) is 4.79 Å². The number of carbonyl (C=O) groups is 2. The Morgan fingerprint density at radius 2 is 1.68 bits per heavy atom. The number of ether oxygens (including phenoxy) is 1. The van der Waals surface area contributed by atoms with Crippen molar-refractivity contribution in [2.45, 2.75) is 61.4 Å². The first-order valence-electron chi connectivity index (χ1n) is 8.05. The second-order valence-electron chi connectivity index (χ2n) is 7.34. The van der Waals surface area contributed by atoms with E-state index in [2.05, 4.69) is 20.8 Å². The van der Waals surface area contributed by atoms with Crippen LogP contribution < -0.4 is 0 Å². The van der Waals surface area contributed by atoms with Gasteiger partial charge < -0.3 is 9.64 Å². The molecular formula is C18H33NO3. The summed E-state index contributed by atoms with van der Waals surface area (Å²) in [5.74, 6) is -0.0995. The summed E-state index contributed by atoms with van der Waals surface area (Å²) in [5, 5.41) is 0. The van der Waals surface area contributed by atoms with Crippen LogP contribution in [-0.2, 0) is 14.3 Å². The topological polar surface area (TPSA) is 46.6 Å². The molecule has 0 aromatic rings. The molecule has 0 unspecified atom stereocenters. The number of likely N-dealkylation sites (N-methyl/N-ethyl adjacent to an activating group) is 1. The first kappa shape index (κ1) is 20.7. The molecule has 0 N–H and O–H groups in total. The molecule has 4 nitrogen and oxygen atoms in total. The number of esters is 1. The Balaban J connectivity index is 5.30. The van der Waals surface area contributed by atoms with Gasteiger partial charge in [0.2, 0.25) is 5.91 Å². The zero-order chi connectivity index (χ0) is 17.7. The van der Waals surface area contributed by atoms with Crippen LogP contribution >= 0.6 is 0 Å². The lowest BCUT2D eigenvalue weighted by Gasteiger charge is -2.35. The van der Waals surface area contributed by atoms with Crippen LogP contribution in [0.5, 0.6) is 0 Å². The number of hydrogen-bond donors (Lipinski definition) is 0. The number of rotatable bonds is 6. The number of amides is 1. The van der Waals surface area contributed by atoms with Gasteiger partial charge in [0, 0.05) is 18.5 Å². The van der Waals surface area contributed by atoms with E-state index in [1.54, 1.807) is 18.7 Å². The molecule has 0 aliphatic carbocycles. The first-order chi connectivity index (χ1) is 9.93. The monoisotopic (exact) mass is 311 g/mol. The van der Waals surface area contributed by atoms with Gasteiger partial charge in [-0.05, 0) is 25.2 Å². The molecule has 0 heterocycles. The van der Waals surface area contributed by atoms with E-state index in [9.17, 15) is 9.59 Å². The van der Waals surface area contributed by atoms with Crippen LogP contribution in [0.15, 0.2) is 11.6 Å². The Morgan fingerprint density at radius 1 is 1.18 bits per heavy atom. The third kappa shape index (κ3) is 5.82. The van der Waals surface area contributed by atoms with Crippen LogP contribution in [0.25, 0.3) is 0 Å². The largest absolute Gasteiger partial charge is 0.463 e. The Hall–Kier alpha value is -1.32. The summed E-state index contributed by atoms with van der Waals surface area (Å²) in [7, 11) is 1.81. The van der Waals surface area contributed by atoms with Crippen LogP contribution in [0.2, 0.25) is 0 Å². The Labute approximate surface area is 135 Å². The summed E-state index contributed by atoms with van der Waals surface area (Å²) in [4.78, 5) is 26.2. The van der Waals surface area contributed by atoms with E-state index in [-0.39, 0.29) is 35.2 Å². The summed E-state index contributed by atoms with van der Waals surface area (Å²) in [6.45, 7) is 16.1. The SMILES string of the molecule is CCOC(=O)/C(C)=C/[C@H](C(C)C)N(C)C(=O)[C@@H](C)C(C)(C)C. The fourth-order valence-corrected chi connectivity index (χ4v) is 2.14. The molecule has 0 saturated heterocycles. The highest BCUT2D eigenvalue weighted by molar-refractivity contribution is 5.88. The summed E-state index contributed by atoms with van der Waals surface area (Å²) < 4.78 is 5.02. The fraction of sp³-hybridized carbons (Fsp3) is 0.778. The molecule has 22 heavy (non-hydrogen) atoms. The average Bonchev–Trinajstić information content (AvgIpc) is 2.40. The normalized spacial score (nSPS) is 15.5. The second kappa shape index (κ2) is 8.35. The molecule has 128 valence electrons. The first-order valence-corrected chi connectivity index (χ1v) is 8.05. The van der Waals surface area contributed by atoms with Crippen LogP contribution in [0.3, 0.4) is 0 Å². The van der Waals surface area contributed by atoms with Crippen molar-refractivity contribution in [3.05, 3.63) is 11.6 Å². The van der Waals surface area contributed by atoms with Crippen molar-refractivity contribution in [3.8, 4) is 0 Å². The predicted molar refractivity (Wildman–Crippen MR) is 90.4 cm³/mol. The summed E-state index contributed by atoms with van der Waals surface area (Å²) in [6, 6.07) is -0.123. The lowest BCUT2D eigenvalue weighted by molar-refractivity contribution is -0.140. The highest BCUT2D eigenvalue weighted by Crippen LogP contribution is 2.28. The Bertz CT molecular complexity index is 419. The Morgan fingerprint density at radius 3 is 2.05 bits per heavy atom. The van der Waals surface area contributed by atoms with E-state index >= 15 is 0 Å². The molecular weight excluding hydrogens is 278 g/mol. The molecule has 0 aliphatic rings. The molecule has 0 aromatic heterocycles. The van der Waals surface area contributed by atoms with E-state index in [0.29, 0.717) is 12.2 Å². The van der Waals surface area contributed by atoms with Gasteiger partial charge in [-0.15, -0.1) is 0 Å². The van der Waals surface area contributed by atoms with Crippen molar-refractivity contribution in [2.75, 3.05) is 13.7 Å². The van der Waals surface area contributed by atoms with Crippen LogP contribution in [-0.4, -0.2) is 36.5 Å². The predicted octanol–water partition coefficient (Wildman–Crippen LogP) is 3.66. The maximum absolute atomic E-state index is 12.7. The minimum absolute atomic E-state index is 0.0879. The van der Waals surface area contributed by atoms with Crippen molar-refractivity contribution in [1.82, 2.24) is 4.90 Å². The third-order valence-corrected chi connectivity index (χ3v) is 4.17. The zero-order valence-electron chi connectivity index (χ0n) is 15.7. The maximum Gasteiger partial charge on any atom is 0.333 e. The smallest absolute Gasteiger partial charge is 0.333 e. The van der Waals surface area contributed by atoms with Gasteiger partial charge in [0.15, 0.2) is 0 Å². The van der Waals surface area contributed by atoms with Gasteiger partial charge in [0.05, 0.1) is 12.6 Å². The standard InChI is InChI=1S/C18H33NO3/c1-10-22-17(21)13(4)11-15(12(2)3)19(9)16(20)14(5)18(6,7)8/h11-12,14-15H,10H2,1-9H3/b13-11+/t14-,15-/m1/s1. The van der Waals surface area contributed by atoms with Gasteiger partial charge in [0.25, 0.3) is 0 Å². The fourth-order valence-electron chi connectivity index (χ4n) is 2.14. The molecule has 4 heteroatoms. The second-order valence-corrected chi connectivity index (χ2v) is 7.34. The van der Waals surface area contributed by atoms with Gasteiger partial charge >= 0.3 is 5.97 Å². The summed E-state index contributed by atoms with van der Waals surface area (Å²) >= 11 is 0. The van der Waals surface area contributed by atoms with E-state index in [0.717, 1.165) is 0 Å². The molecule has 0 saturated carbocycles. The van der Waals surface area contributed by atoms with Crippen LogP contribution in [0, 0.1) is 17.3 Å². The molecule has 0 rings (SSSR count). The van der Waals surface area contributed by atoms with E-state index in [4.69, 9.17) is 4.74 Å². The van der Waals surface area contributed by atoms with Gasteiger partial charge in [0.1, 0.15) is 0 Å². The van der Waals surface area contributed by atoms with Gasteiger partial charge in [-0.1, -0.05) is 47.6 Å². The highest BCUT2D eigenvalue weighted by atomic mass is 16.5. The van der Waals surface area contributed by atoms with Gasteiger partial charge in [-0.2, -0.15) is 0 Å². The molecule has 0 spiro atoms. The van der Waals surface area contributed by atoms with E-state index in [1.165, 1.54) is 0 Å². The van der Waals surface area contributed by atoms with Crippen LogP contribution in [0.4, 0.5) is 0 Å². The lowest BCUT2D eigenvalue weighted by atomic mass is 9.81.